The predicted molar refractivity (Wildman–Crippen MR) is 79.7 cm³/mol. The first kappa shape index (κ1) is 14.2. The molecule has 0 aromatic heterocycles. The first-order valence-corrected chi connectivity index (χ1v) is 7.69. The van der Waals surface area contributed by atoms with Crippen LogP contribution in [0, 0.1) is 0 Å². The zero-order valence-corrected chi connectivity index (χ0v) is 12.4. The highest BCUT2D eigenvalue weighted by molar-refractivity contribution is 6.42. The Labute approximate surface area is 120 Å². The van der Waals surface area contributed by atoms with Crippen LogP contribution in [-0.4, -0.2) is 6.54 Å². The molecule has 0 unspecified atom stereocenters. The van der Waals surface area contributed by atoms with Crippen LogP contribution in [0.15, 0.2) is 12.1 Å². The normalized spacial score (nSPS) is 18.7. The highest BCUT2D eigenvalue weighted by Gasteiger charge is 2.23. The summed E-state index contributed by atoms with van der Waals surface area (Å²) < 4.78 is 0. The second kappa shape index (κ2) is 6.79. The molecule has 18 heavy (non-hydrogen) atoms. The molecule has 100 valence electrons. The maximum atomic E-state index is 6.37. The molecule has 0 fully saturated rings. The molecule has 0 aliphatic carbocycles. The van der Waals surface area contributed by atoms with E-state index in [0.29, 0.717) is 11.1 Å². The summed E-state index contributed by atoms with van der Waals surface area (Å²) in [4.78, 5) is 0. The SMILES string of the molecule is CCCCCC[C@H]1NCCc2ccc(Cl)c(Cl)c21. The Balaban J connectivity index is 2.09. The number of nitrogens with one attached hydrogen (secondary N) is 1. The summed E-state index contributed by atoms with van der Waals surface area (Å²) in [6.45, 7) is 3.29. The molecule has 1 aliphatic rings. The summed E-state index contributed by atoms with van der Waals surface area (Å²) in [5.74, 6) is 0. The highest BCUT2D eigenvalue weighted by Crippen LogP contribution is 2.37. The van der Waals surface area contributed by atoms with Crippen LogP contribution in [-0.2, 0) is 6.42 Å². The lowest BCUT2D eigenvalue weighted by Crippen LogP contribution is -2.30. The molecule has 1 N–H and O–H groups in total. The lowest BCUT2D eigenvalue weighted by Gasteiger charge is -2.28. The zero-order valence-electron chi connectivity index (χ0n) is 10.9. The van der Waals surface area contributed by atoms with Crippen LogP contribution in [0.1, 0.15) is 56.2 Å². The van der Waals surface area contributed by atoms with Crippen LogP contribution in [0.25, 0.3) is 0 Å². The number of rotatable bonds is 5. The van der Waals surface area contributed by atoms with Crippen molar-refractivity contribution in [3.63, 3.8) is 0 Å². The van der Waals surface area contributed by atoms with Gasteiger partial charge in [-0.05, 0) is 36.6 Å². The predicted octanol–water partition coefficient (Wildman–Crippen LogP) is 5.15. The minimum absolute atomic E-state index is 0.386. The Morgan fingerprint density at radius 2 is 2.06 bits per heavy atom. The maximum absolute atomic E-state index is 6.37. The van der Waals surface area contributed by atoms with E-state index >= 15 is 0 Å². The summed E-state index contributed by atoms with van der Waals surface area (Å²) in [6.07, 6.45) is 7.38. The van der Waals surface area contributed by atoms with Crippen molar-refractivity contribution in [3.8, 4) is 0 Å². The number of benzene rings is 1. The van der Waals surface area contributed by atoms with E-state index in [4.69, 9.17) is 23.2 Å². The molecule has 1 aromatic rings. The Morgan fingerprint density at radius 1 is 1.22 bits per heavy atom. The molecule has 1 atom stereocenters. The van der Waals surface area contributed by atoms with Crippen molar-refractivity contribution in [2.75, 3.05) is 6.54 Å². The van der Waals surface area contributed by atoms with Gasteiger partial charge in [-0.25, -0.2) is 0 Å². The fourth-order valence-electron chi connectivity index (χ4n) is 2.71. The average molecular weight is 286 g/mol. The Morgan fingerprint density at radius 3 is 2.83 bits per heavy atom. The van der Waals surface area contributed by atoms with Gasteiger partial charge in [-0.15, -0.1) is 0 Å². The second-order valence-electron chi connectivity index (χ2n) is 5.04. The van der Waals surface area contributed by atoms with Gasteiger partial charge in [-0.3, -0.25) is 0 Å². The van der Waals surface area contributed by atoms with Gasteiger partial charge in [0, 0.05) is 6.04 Å². The summed E-state index contributed by atoms with van der Waals surface area (Å²) >= 11 is 12.5. The minimum atomic E-state index is 0.386. The van der Waals surface area contributed by atoms with Crippen LogP contribution in [0.2, 0.25) is 10.0 Å². The van der Waals surface area contributed by atoms with Crippen molar-refractivity contribution in [1.82, 2.24) is 5.32 Å². The number of unbranched alkanes of at least 4 members (excludes halogenated alkanes) is 3. The molecule has 0 amide bonds. The van der Waals surface area contributed by atoms with E-state index in [9.17, 15) is 0 Å². The molecule has 1 aromatic carbocycles. The largest absolute Gasteiger partial charge is 0.310 e. The van der Waals surface area contributed by atoms with Crippen LogP contribution < -0.4 is 5.32 Å². The third-order valence-corrected chi connectivity index (χ3v) is 4.52. The Bertz CT molecular complexity index is 404. The van der Waals surface area contributed by atoms with Crippen molar-refractivity contribution in [3.05, 3.63) is 33.3 Å². The number of hydrogen-bond acceptors (Lipinski definition) is 1. The van der Waals surface area contributed by atoms with Gasteiger partial charge in [0.25, 0.3) is 0 Å². The molecular weight excluding hydrogens is 265 g/mol. The summed E-state index contributed by atoms with van der Waals surface area (Å²) in [5.41, 5.74) is 2.61. The first-order valence-electron chi connectivity index (χ1n) is 6.94. The van der Waals surface area contributed by atoms with Crippen molar-refractivity contribution >= 4 is 23.2 Å². The van der Waals surface area contributed by atoms with Gasteiger partial charge in [-0.1, -0.05) is 61.9 Å². The van der Waals surface area contributed by atoms with Gasteiger partial charge in [-0.2, -0.15) is 0 Å². The quantitative estimate of drug-likeness (QED) is 0.738. The lowest BCUT2D eigenvalue weighted by atomic mass is 9.91. The molecule has 3 heteroatoms. The van der Waals surface area contributed by atoms with Crippen LogP contribution in [0.5, 0.6) is 0 Å². The number of hydrogen-bond donors (Lipinski definition) is 1. The molecule has 0 bridgehead atoms. The van der Waals surface area contributed by atoms with E-state index in [1.807, 2.05) is 6.07 Å². The molecule has 0 radical (unpaired) electrons. The number of halogens is 2. The smallest absolute Gasteiger partial charge is 0.0642 e. The third-order valence-electron chi connectivity index (χ3n) is 3.70. The molecular formula is C15H21Cl2N. The van der Waals surface area contributed by atoms with E-state index in [1.165, 1.54) is 36.8 Å². The molecule has 1 nitrogen and oxygen atoms in total. The highest BCUT2D eigenvalue weighted by atomic mass is 35.5. The fourth-order valence-corrected chi connectivity index (χ4v) is 3.19. The second-order valence-corrected chi connectivity index (χ2v) is 5.83. The third kappa shape index (κ3) is 3.20. The van der Waals surface area contributed by atoms with Crippen molar-refractivity contribution < 1.29 is 0 Å². The summed E-state index contributed by atoms with van der Waals surface area (Å²) in [7, 11) is 0. The molecule has 2 rings (SSSR count). The van der Waals surface area contributed by atoms with E-state index in [-0.39, 0.29) is 0 Å². The topological polar surface area (TPSA) is 12.0 Å². The van der Waals surface area contributed by atoms with Crippen LogP contribution in [0.4, 0.5) is 0 Å². The van der Waals surface area contributed by atoms with E-state index < -0.39 is 0 Å². The standard InChI is InChI=1S/C15H21Cl2N/c1-2-3-4-5-6-13-14-11(9-10-18-13)7-8-12(16)15(14)17/h7-8,13,18H,2-6,9-10H2,1H3/t13-/m1/s1. The lowest BCUT2D eigenvalue weighted by molar-refractivity contribution is 0.451. The Kier molecular flexibility index (Phi) is 5.35. The van der Waals surface area contributed by atoms with Crippen molar-refractivity contribution in [2.24, 2.45) is 0 Å². The minimum Gasteiger partial charge on any atom is -0.310 e. The van der Waals surface area contributed by atoms with E-state index in [0.717, 1.165) is 24.4 Å². The number of fused-ring (bicyclic) bond motifs is 1. The zero-order chi connectivity index (χ0) is 13.0. The Hall–Kier alpha value is -0.240. The monoisotopic (exact) mass is 285 g/mol. The molecule has 0 saturated carbocycles. The fraction of sp³-hybridized carbons (Fsp3) is 0.600. The van der Waals surface area contributed by atoms with Gasteiger partial charge < -0.3 is 5.32 Å². The van der Waals surface area contributed by atoms with Gasteiger partial charge in [0.05, 0.1) is 10.0 Å². The average Bonchev–Trinajstić information content (AvgIpc) is 2.39. The van der Waals surface area contributed by atoms with Crippen molar-refractivity contribution in [2.45, 2.75) is 51.5 Å². The summed E-state index contributed by atoms with van der Waals surface area (Å²) in [6, 6.07) is 4.43. The molecule has 0 saturated heterocycles. The molecule has 1 heterocycles. The van der Waals surface area contributed by atoms with E-state index in [2.05, 4.69) is 18.3 Å². The molecule has 1 aliphatic heterocycles. The maximum Gasteiger partial charge on any atom is 0.0642 e. The van der Waals surface area contributed by atoms with Crippen LogP contribution >= 0.6 is 23.2 Å². The van der Waals surface area contributed by atoms with Gasteiger partial charge >= 0.3 is 0 Å². The van der Waals surface area contributed by atoms with Gasteiger partial charge in [0.15, 0.2) is 0 Å². The van der Waals surface area contributed by atoms with Gasteiger partial charge in [0.1, 0.15) is 0 Å². The van der Waals surface area contributed by atoms with Gasteiger partial charge in [0.2, 0.25) is 0 Å². The van der Waals surface area contributed by atoms with Crippen LogP contribution in [0.3, 0.4) is 0 Å². The molecule has 0 spiro atoms. The summed E-state index contributed by atoms with van der Waals surface area (Å²) in [5, 5.41) is 5.01. The van der Waals surface area contributed by atoms with E-state index in [1.54, 1.807) is 0 Å². The van der Waals surface area contributed by atoms with Crippen molar-refractivity contribution in [1.29, 1.82) is 0 Å². The first-order chi connectivity index (χ1) is 8.74.